The molecule has 1 N–H and O–H groups in total. The summed E-state index contributed by atoms with van der Waals surface area (Å²) in [6.07, 6.45) is 1.97. The molecular formula is C12H22IN5O2. The van der Waals surface area contributed by atoms with Crippen LogP contribution >= 0.6 is 24.0 Å². The molecule has 0 aromatic carbocycles. The second-order valence-electron chi connectivity index (χ2n) is 4.36. The monoisotopic (exact) mass is 395 g/mol. The summed E-state index contributed by atoms with van der Waals surface area (Å²) in [7, 11) is 7.09. The minimum Gasteiger partial charge on any atom is -0.364 e. The average Bonchev–Trinajstić information content (AvgIpc) is 2.86. The number of aromatic nitrogens is 1. The van der Waals surface area contributed by atoms with E-state index in [0.717, 1.165) is 11.7 Å². The molecule has 8 heteroatoms. The number of aliphatic imine (C=N–C) groups is 1. The smallest absolute Gasteiger partial charge is 0.223 e. The lowest BCUT2D eigenvalue weighted by Crippen LogP contribution is -2.40. The van der Waals surface area contributed by atoms with E-state index in [-0.39, 0.29) is 29.9 Å². The lowest BCUT2D eigenvalue weighted by Gasteiger charge is -2.21. The first-order valence-corrected chi connectivity index (χ1v) is 6.05. The molecule has 0 fully saturated rings. The Hall–Kier alpha value is -1.32. The average molecular weight is 395 g/mol. The number of nitrogens with zero attached hydrogens (tertiary/aromatic N) is 4. The molecule has 0 bridgehead atoms. The van der Waals surface area contributed by atoms with Gasteiger partial charge in [-0.25, -0.2) is 0 Å². The Bertz CT molecular complexity index is 419. The van der Waals surface area contributed by atoms with Gasteiger partial charge < -0.3 is 19.6 Å². The molecule has 1 amide bonds. The first-order chi connectivity index (χ1) is 9.04. The highest BCUT2D eigenvalue weighted by atomic mass is 127. The number of carbonyl (C=O) groups is 1. The van der Waals surface area contributed by atoms with E-state index in [0.29, 0.717) is 19.5 Å². The zero-order valence-corrected chi connectivity index (χ0v) is 14.6. The highest BCUT2D eigenvalue weighted by Gasteiger charge is 2.09. The zero-order chi connectivity index (χ0) is 14.3. The van der Waals surface area contributed by atoms with Crippen molar-refractivity contribution in [2.45, 2.75) is 13.0 Å². The van der Waals surface area contributed by atoms with Gasteiger partial charge in [-0.1, -0.05) is 5.16 Å². The van der Waals surface area contributed by atoms with Gasteiger partial charge in [0, 0.05) is 47.2 Å². The van der Waals surface area contributed by atoms with E-state index >= 15 is 0 Å². The summed E-state index contributed by atoms with van der Waals surface area (Å²) in [6, 6.07) is 1.80. The van der Waals surface area contributed by atoms with Gasteiger partial charge in [0.05, 0.1) is 6.54 Å². The SMILES string of the molecule is CN=C(NCCC(=O)N(C)C)N(C)Cc1ccon1.I. The van der Waals surface area contributed by atoms with Crippen LogP contribution < -0.4 is 5.32 Å². The number of amides is 1. The fourth-order valence-corrected chi connectivity index (χ4v) is 1.53. The molecule has 1 aromatic rings. The lowest BCUT2D eigenvalue weighted by atomic mass is 10.4. The molecule has 0 spiro atoms. The van der Waals surface area contributed by atoms with Crippen molar-refractivity contribution in [1.82, 2.24) is 20.3 Å². The van der Waals surface area contributed by atoms with Gasteiger partial charge in [-0.15, -0.1) is 24.0 Å². The van der Waals surface area contributed by atoms with E-state index in [1.54, 1.807) is 32.1 Å². The van der Waals surface area contributed by atoms with Crippen LogP contribution in [0, 0.1) is 0 Å². The lowest BCUT2D eigenvalue weighted by molar-refractivity contribution is -0.128. The highest BCUT2D eigenvalue weighted by molar-refractivity contribution is 14.0. The quantitative estimate of drug-likeness (QED) is 0.453. The molecule has 0 radical (unpaired) electrons. The highest BCUT2D eigenvalue weighted by Crippen LogP contribution is 1.99. The molecule has 0 saturated carbocycles. The molecule has 0 aliphatic rings. The Labute approximate surface area is 136 Å². The minimum atomic E-state index is 0. The second kappa shape index (κ2) is 9.56. The van der Waals surface area contributed by atoms with Gasteiger partial charge >= 0.3 is 0 Å². The van der Waals surface area contributed by atoms with Crippen LogP contribution in [0.5, 0.6) is 0 Å². The first kappa shape index (κ1) is 18.7. The Balaban J connectivity index is 0.00000361. The minimum absolute atomic E-state index is 0. The Kier molecular flexibility index (Phi) is 8.93. The molecular weight excluding hydrogens is 373 g/mol. The van der Waals surface area contributed by atoms with E-state index < -0.39 is 0 Å². The first-order valence-electron chi connectivity index (χ1n) is 6.05. The van der Waals surface area contributed by atoms with Crippen LogP contribution in [0.25, 0.3) is 0 Å². The van der Waals surface area contributed by atoms with Gasteiger partial charge in [-0.3, -0.25) is 9.79 Å². The van der Waals surface area contributed by atoms with E-state index in [1.807, 2.05) is 11.9 Å². The summed E-state index contributed by atoms with van der Waals surface area (Å²) in [5, 5.41) is 6.98. The Morgan fingerprint density at radius 3 is 2.65 bits per heavy atom. The molecule has 7 nitrogen and oxygen atoms in total. The van der Waals surface area contributed by atoms with Crippen molar-refractivity contribution in [3.63, 3.8) is 0 Å². The summed E-state index contributed by atoms with van der Waals surface area (Å²) in [5.41, 5.74) is 0.829. The van der Waals surface area contributed by atoms with Crippen LogP contribution in [0.3, 0.4) is 0 Å². The maximum Gasteiger partial charge on any atom is 0.223 e. The fraction of sp³-hybridized carbons (Fsp3) is 0.583. The van der Waals surface area contributed by atoms with E-state index in [9.17, 15) is 4.79 Å². The molecule has 20 heavy (non-hydrogen) atoms. The molecule has 0 aliphatic carbocycles. The third-order valence-corrected chi connectivity index (χ3v) is 2.58. The zero-order valence-electron chi connectivity index (χ0n) is 12.3. The summed E-state index contributed by atoms with van der Waals surface area (Å²) < 4.78 is 4.78. The fourth-order valence-electron chi connectivity index (χ4n) is 1.53. The summed E-state index contributed by atoms with van der Waals surface area (Å²) in [6.45, 7) is 1.14. The molecule has 1 rings (SSSR count). The number of hydrogen-bond donors (Lipinski definition) is 1. The number of hydrogen-bond acceptors (Lipinski definition) is 4. The topological polar surface area (TPSA) is 74.0 Å². The van der Waals surface area contributed by atoms with Gasteiger partial charge in [0.25, 0.3) is 0 Å². The Morgan fingerprint density at radius 2 is 2.15 bits per heavy atom. The van der Waals surface area contributed by atoms with Gasteiger partial charge in [0.2, 0.25) is 5.91 Å². The van der Waals surface area contributed by atoms with Crippen LogP contribution in [-0.2, 0) is 11.3 Å². The molecule has 1 aromatic heterocycles. The largest absolute Gasteiger partial charge is 0.364 e. The maximum absolute atomic E-state index is 11.4. The number of guanidine groups is 1. The van der Waals surface area contributed by atoms with Gasteiger partial charge in [-0.05, 0) is 0 Å². The van der Waals surface area contributed by atoms with Crippen molar-refractivity contribution in [2.24, 2.45) is 4.99 Å². The van der Waals surface area contributed by atoms with Gasteiger partial charge in [0.1, 0.15) is 12.0 Å². The summed E-state index contributed by atoms with van der Waals surface area (Å²) >= 11 is 0. The molecule has 114 valence electrons. The third kappa shape index (κ3) is 6.22. The summed E-state index contributed by atoms with van der Waals surface area (Å²) in [5.74, 6) is 0.802. The van der Waals surface area contributed by atoms with Crippen LogP contribution in [0.4, 0.5) is 0 Å². The normalized spacial score (nSPS) is 10.7. The van der Waals surface area contributed by atoms with Crippen molar-refractivity contribution in [3.8, 4) is 0 Å². The predicted molar refractivity (Wildman–Crippen MR) is 88.1 cm³/mol. The number of nitrogens with one attached hydrogen (secondary N) is 1. The van der Waals surface area contributed by atoms with Crippen molar-refractivity contribution >= 4 is 35.8 Å². The number of carbonyl (C=O) groups excluding carboxylic acids is 1. The standard InChI is InChI=1S/C12H21N5O2.HI/c1-13-12(14-7-5-11(18)16(2)3)17(4)9-10-6-8-19-15-10;/h6,8H,5,7,9H2,1-4H3,(H,13,14);1H. The van der Waals surface area contributed by atoms with Crippen LogP contribution in [-0.4, -0.2) is 61.6 Å². The molecule has 0 aliphatic heterocycles. The molecule has 1 heterocycles. The number of halogens is 1. The van der Waals surface area contributed by atoms with Gasteiger partial charge in [-0.2, -0.15) is 0 Å². The molecule has 0 unspecified atom stereocenters. The van der Waals surface area contributed by atoms with Crippen LogP contribution in [0.2, 0.25) is 0 Å². The third-order valence-electron chi connectivity index (χ3n) is 2.58. The van der Waals surface area contributed by atoms with E-state index in [2.05, 4.69) is 15.5 Å². The summed E-state index contributed by atoms with van der Waals surface area (Å²) in [4.78, 5) is 19.1. The van der Waals surface area contributed by atoms with Crippen molar-refractivity contribution in [3.05, 3.63) is 18.0 Å². The maximum atomic E-state index is 11.4. The Morgan fingerprint density at radius 1 is 1.45 bits per heavy atom. The van der Waals surface area contributed by atoms with Crippen molar-refractivity contribution in [2.75, 3.05) is 34.7 Å². The number of rotatable bonds is 5. The predicted octanol–water partition coefficient (Wildman–Crippen LogP) is 0.778. The van der Waals surface area contributed by atoms with E-state index in [1.165, 1.54) is 6.26 Å². The van der Waals surface area contributed by atoms with Gasteiger partial charge in [0.15, 0.2) is 5.96 Å². The van der Waals surface area contributed by atoms with Crippen LogP contribution in [0.15, 0.2) is 21.8 Å². The molecule has 0 atom stereocenters. The van der Waals surface area contributed by atoms with E-state index in [4.69, 9.17) is 4.52 Å². The molecule has 0 saturated heterocycles. The van der Waals surface area contributed by atoms with Crippen molar-refractivity contribution in [1.29, 1.82) is 0 Å². The second-order valence-corrected chi connectivity index (χ2v) is 4.36. The van der Waals surface area contributed by atoms with Crippen molar-refractivity contribution < 1.29 is 9.32 Å². The van der Waals surface area contributed by atoms with Crippen LogP contribution in [0.1, 0.15) is 12.1 Å².